The Labute approximate surface area is 96.2 Å². The molecule has 0 aliphatic carbocycles. The molecule has 0 saturated carbocycles. The summed E-state index contributed by atoms with van der Waals surface area (Å²) in [6.45, 7) is 5.43. The van der Waals surface area contributed by atoms with Crippen molar-refractivity contribution in [1.82, 2.24) is 9.97 Å². The maximum Gasteiger partial charge on any atom is 0.212 e. The summed E-state index contributed by atoms with van der Waals surface area (Å²) in [7, 11) is -3.54. The van der Waals surface area contributed by atoms with Gasteiger partial charge in [0.15, 0.2) is 0 Å². The molecule has 1 rings (SSSR count). The van der Waals surface area contributed by atoms with E-state index >= 15 is 0 Å². The molecule has 5 nitrogen and oxygen atoms in total. The number of rotatable bonds is 4. The van der Waals surface area contributed by atoms with E-state index in [2.05, 4.69) is 9.97 Å². The summed E-state index contributed by atoms with van der Waals surface area (Å²) in [5.74, 6) is -0.243. The summed E-state index contributed by atoms with van der Waals surface area (Å²) in [4.78, 5) is 8.28. The van der Waals surface area contributed by atoms with Gasteiger partial charge in [-0.15, -0.1) is 0 Å². The van der Waals surface area contributed by atoms with Crippen molar-refractivity contribution in [3.63, 3.8) is 0 Å². The van der Waals surface area contributed by atoms with Crippen LogP contribution in [-0.2, 0) is 10.0 Å². The predicted molar refractivity (Wildman–Crippen MR) is 62.4 cm³/mol. The molecule has 0 aliphatic rings. The van der Waals surface area contributed by atoms with Gasteiger partial charge in [-0.1, -0.05) is 13.8 Å². The van der Waals surface area contributed by atoms with Crippen LogP contribution in [0.1, 0.15) is 37.6 Å². The zero-order valence-corrected chi connectivity index (χ0v) is 10.5. The highest BCUT2D eigenvalue weighted by Gasteiger charge is 2.28. The van der Waals surface area contributed by atoms with Gasteiger partial charge in [-0.3, -0.25) is 9.97 Å². The number of primary sulfonamides is 1. The fourth-order valence-corrected chi connectivity index (χ4v) is 2.87. The number of sulfonamides is 1. The van der Waals surface area contributed by atoms with Crippen molar-refractivity contribution in [2.24, 2.45) is 5.14 Å². The van der Waals surface area contributed by atoms with Gasteiger partial charge in [0.1, 0.15) is 0 Å². The maximum absolute atomic E-state index is 11.4. The van der Waals surface area contributed by atoms with Gasteiger partial charge in [-0.25, -0.2) is 13.6 Å². The molecule has 0 amide bonds. The van der Waals surface area contributed by atoms with Crippen molar-refractivity contribution >= 4 is 10.0 Å². The second-order valence-electron chi connectivity index (χ2n) is 3.91. The first-order valence-electron chi connectivity index (χ1n) is 5.16. The minimum Gasteiger partial charge on any atom is -0.258 e. The lowest BCUT2D eigenvalue weighted by Crippen LogP contribution is -2.32. The lowest BCUT2D eigenvalue weighted by Gasteiger charge is -2.19. The molecule has 0 aliphatic heterocycles. The van der Waals surface area contributed by atoms with E-state index < -0.39 is 15.3 Å². The molecule has 0 radical (unpaired) electrons. The maximum atomic E-state index is 11.4. The molecular weight excluding hydrogens is 226 g/mol. The van der Waals surface area contributed by atoms with E-state index in [1.165, 1.54) is 0 Å². The van der Waals surface area contributed by atoms with Crippen LogP contribution in [0.25, 0.3) is 0 Å². The van der Waals surface area contributed by atoms with Gasteiger partial charge in [0.2, 0.25) is 10.0 Å². The Kier molecular flexibility index (Phi) is 3.98. The molecule has 90 valence electrons. The van der Waals surface area contributed by atoms with Crippen molar-refractivity contribution in [2.45, 2.75) is 38.4 Å². The molecule has 0 bridgehead atoms. The van der Waals surface area contributed by atoms with E-state index in [0.717, 1.165) is 5.69 Å². The summed E-state index contributed by atoms with van der Waals surface area (Å²) in [6, 6.07) is 0. The summed E-state index contributed by atoms with van der Waals surface area (Å²) in [5, 5.41) is 4.58. The Bertz CT molecular complexity index is 442. The summed E-state index contributed by atoms with van der Waals surface area (Å²) in [5.41, 5.74) is 1.46. The van der Waals surface area contributed by atoms with Gasteiger partial charge in [0, 0.05) is 18.3 Å². The summed E-state index contributed by atoms with van der Waals surface area (Å²) >= 11 is 0. The van der Waals surface area contributed by atoms with E-state index in [-0.39, 0.29) is 5.92 Å². The normalized spacial score (nSPS) is 15.8. The first-order valence-corrected chi connectivity index (χ1v) is 6.77. The standard InChI is InChI=1S/C10H17N3O2S/c1-4-10(16(11,14)15)8(3)9-6-12-7(2)5-13-9/h5-6,8,10H,4H2,1-3H3,(H2,11,14,15)/t8-,10+/m1/s1. The predicted octanol–water partition coefficient (Wildman–Crippen LogP) is 0.956. The van der Waals surface area contributed by atoms with Crippen LogP contribution in [0.15, 0.2) is 12.4 Å². The van der Waals surface area contributed by atoms with Crippen LogP contribution in [0.5, 0.6) is 0 Å². The van der Waals surface area contributed by atoms with E-state index in [4.69, 9.17) is 5.14 Å². The van der Waals surface area contributed by atoms with Gasteiger partial charge in [0.25, 0.3) is 0 Å². The van der Waals surface area contributed by atoms with Crippen LogP contribution in [0.2, 0.25) is 0 Å². The van der Waals surface area contributed by atoms with Gasteiger partial charge < -0.3 is 0 Å². The summed E-state index contributed by atoms with van der Waals surface area (Å²) in [6.07, 6.45) is 3.70. The highest BCUT2D eigenvalue weighted by Crippen LogP contribution is 2.23. The lowest BCUT2D eigenvalue weighted by molar-refractivity contribution is 0.551. The second kappa shape index (κ2) is 4.88. The molecule has 16 heavy (non-hydrogen) atoms. The third-order valence-corrected chi connectivity index (χ3v) is 4.24. The number of hydrogen-bond donors (Lipinski definition) is 1. The average Bonchev–Trinajstić information content (AvgIpc) is 2.17. The molecule has 2 N–H and O–H groups in total. The van der Waals surface area contributed by atoms with Gasteiger partial charge in [0.05, 0.1) is 16.6 Å². The molecule has 6 heteroatoms. The van der Waals surface area contributed by atoms with Crippen molar-refractivity contribution in [1.29, 1.82) is 0 Å². The lowest BCUT2D eigenvalue weighted by atomic mass is 10.0. The molecule has 0 saturated heterocycles. The molecule has 2 atom stereocenters. The van der Waals surface area contributed by atoms with Crippen LogP contribution in [-0.4, -0.2) is 23.6 Å². The zero-order valence-electron chi connectivity index (χ0n) is 9.71. The fourth-order valence-electron chi connectivity index (χ4n) is 1.70. The van der Waals surface area contributed by atoms with E-state index in [1.807, 2.05) is 6.92 Å². The molecule has 0 spiro atoms. The number of nitrogens with zero attached hydrogens (tertiary/aromatic N) is 2. The highest BCUT2D eigenvalue weighted by atomic mass is 32.2. The zero-order chi connectivity index (χ0) is 12.3. The number of aromatic nitrogens is 2. The van der Waals surface area contributed by atoms with Crippen LogP contribution < -0.4 is 5.14 Å². The first-order chi connectivity index (χ1) is 7.36. The Balaban J connectivity index is 3.00. The SMILES string of the molecule is CC[C@@H]([C@H](C)c1cnc(C)cn1)S(N)(=O)=O. The smallest absolute Gasteiger partial charge is 0.212 e. The second-order valence-corrected chi connectivity index (χ2v) is 5.69. The first kappa shape index (κ1) is 13.1. The van der Waals surface area contributed by atoms with Crippen molar-refractivity contribution in [3.8, 4) is 0 Å². The number of nitrogens with two attached hydrogens (primary N) is 1. The van der Waals surface area contributed by atoms with E-state index in [0.29, 0.717) is 12.1 Å². The quantitative estimate of drug-likeness (QED) is 0.853. The van der Waals surface area contributed by atoms with Crippen molar-refractivity contribution in [3.05, 3.63) is 23.8 Å². The van der Waals surface area contributed by atoms with Crippen LogP contribution >= 0.6 is 0 Å². The minimum absolute atomic E-state index is 0.243. The molecule has 0 aromatic carbocycles. The molecule has 1 aromatic heterocycles. The van der Waals surface area contributed by atoms with E-state index in [1.54, 1.807) is 26.2 Å². The highest BCUT2D eigenvalue weighted by molar-refractivity contribution is 7.89. The largest absolute Gasteiger partial charge is 0.258 e. The third kappa shape index (κ3) is 2.99. The monoisotopic (exact) mass is 243 g/mol. The molecule has 0 unspecified atom stereocenters. The Morgan fingerprint density at radius 1 is 1.38 bits per heavy atom. The van der Waals surface area contributed by atoms with Crippen LogP contribution in [0.4, 0.5) is 0 Å². The van der Waals surface area contributed by atoms with E-state index in [9.17, 15) is 8.42 Å². The molecule has 1 heterocycles. The van der Waals surface area contributed by atoms with Crippen molar-refractivity contribution in [2.75, 3.05) is 0 Å². The number of aryl methyl sites for hydroxylation is 1. The third-order valence-electron chi connectivity index (χ3n) is 2.65. The molecule has 1 aromatic rings. The Morgan fingerprint density at radius 2 is 2.00 bits per heavy atom. The average molecular weight is 243 g/mol. The van der Waals surface area contributed by atoms with Crippen molar-refractivity contribution < 1.29 is 8.42 Å². The van der Waals surface area contributed by atoms with Crippen LogP contribution in [0.3, 0.4) is 0 Å². The van der Waals surface area contributed by atoms with Gasteiger partial charge in [-0.2, -0.15) is 0 Å². The minimum atomic E-state index is -3.54. The molecule has 0 fully saturated rings. The topological polar surface area (TPSA) is 85.9 Å². The Hall–Kier alpha value is -1.01. The summed E-state index contributed by atoms with van der Waals surface area (Å²) < 4.78 is 22.7. The fraction of sp³-hybridized carbons (Fsp3) is 0.600. The van der Waals surface area contributed by atoms with Gasteiger partial charge in [-0.05, 0) is 13.3 Å². The van der Waals surface area contributed by atoms with Crippen LogP contribution in [0, 0.1) is 6.92 Å². The molecular formula is C10H17N3O2S. The Morgan fingerprint density at radius 3 is 2.38 bits per heavy atom. The van der Waals surface area contributed by atoms with Gasteiger partial charge >= 0.3 is 0 Å². The number of hydrogen-bond acceptors (Lipinski definition) is 4.